The van der Waals surface area contributed by atoms with Gasteiger partial charge in [0.2, 0.25) is 11.8 Å². The smallest absolute Gasteiger partial charge is 0.305 e. The molecule has 2 aliphatic carbocycles. The minimum absolute atomic E-state index is 0.0624. The van der Waals surface area contributed by atoms with Crippen molar-refractivity contribution < 1.29 is 14.3 Å². The quantitative estimate of drug-likeness (QED) is 0.293. The van der Waals surface area contributed by atoms with Crippen LogP contribution in [0.1, 0.15) is 33.9 Å². The molecule has 4 aromatic rings. The molecule has 4 aliphatic rings. The molecule has 2 bridgehead atoms. The number of anilines is 1. The number of hydrogen-bond acceptors (Lipinski definition) is 6. The molecule has 206 valence electrons. The van der Waals surface area contributed by atoms with Crippen LogP contribution in [0.4, 0.5) is 5.69 Å². The number of hydrogen-bond donors (Lipinski definition) is 1. The van der Waals surface area contributed by atoms with Crippen LogP contribution >= 0.6 is 23.1 Å². The van der Waals surface area contributed by atoms with Crippen LogP contribution in [0.15, 0.2) is 88.7 Å². The van der Waals surface area contributed by atoms with Crippen LogP contribution in [0.25, 0.3) is 0 Å². The van der Waals surface area contributed by atoms with E-state index in [1.165, 1.54) is 21.8 Å². The number of aromatic nitrogens is 1. The second-order valence-electron chi connectivity index (χ2n) is 11.6. The number of thiazole rings is 1. The Balaban J connectivity index is 1.20. The number of imide groups is 1. The Kier molecular flexibility index (Phi) is 5.80. The topological polar surface area (TPSA) is 79.5 Å². The normalized spacial score (nSPS) is 29.4. The Bertz CT molecular complexity index is 1750. The minimum atomic E-state index is -0.325. The number of carbonyl (C=O) groups excluding carboxylic acids is 2. The van der Waals surface area contributed by atoms with E-state index in [0.29, 0.717) is 12.3 Å². The number of ether oxygens (including phenoxy) is 1. The summed E-state index contributed by atoms with van der Waals surface area (Å²) in [4.78, 5) is 45.9. The molecule has 8 rings (SSSR count). The number of carbonyl (C=O) groups is 2. The molecule has 2 amide bonds. The Morgan fingerprint density at radius 2 is 1.59 bits per heavy atom. The van der Waals surface area contributed by atoms with Crippen molar-refractivity contribution in [2.75, 3.05) is 4.90 Å². The third-order valence-electron chi connectivity index (χ3n) is 9.64. The summed E-state index contributed by atoms with van der Waals surface area (Å²) in [5.41, 5.74) is 4.01. The number of nitrogens with one attached hydrogen (secondary N) is 1. The molecule has 6 unspecified atom stereocenters. The van der Waals surface area contributed by atoms with Gasteiger partial charge in [-0.1, -0.05) is 72.0 Å². The molecule has 41 heavy (non-hydrogen) atoms. The van der Waals surface area contributed by atoms with Gasteiger partial charge in [0.15, 0.2) is 0 Å². The van der Waals surface area contributed by atoms with Gasteiger partial charge >= 0.3 is 4.87 Å². The van der Waals surface area contributed by atoms with Crippen LogP contribution in [-0.2, 0) is 16.2 Å². The molecular formula is C33H28N2O4S2. The average Bonchev–Trinajstić information content (AvgIpc) is 3.72. The van der Waals surface area contributed by atoms with E-state index in [9.17, 15) is 14.4 Å². The highest BCUT2D eigenvalue weighted by Gasteiger charge is 2.69. The van der Waals surface area contributed by atoms with Crippen LogP contribution < -0.4 is 14.5 Å². The highest BCUT2D eigenvalue weighted by atomic mass is 32.2. The van der Waals surface area contributed by atoms with E-state index in [1.807, 2.05) is 60.7 Å². The van der Waals surface area contributed by atoms with E-state index in [1.54, 1.807) is 11.8 Å². The largest absolute Gasteiger partial charge is 0.489 e. The Morgan fingerprint density at radius 1 is 0.878 bits per heavy atom. The highest BCUT2D eigenvalue weighted by Crippen LogP contribution is 2.69. The molecule has 3 aromatic carbocycles. The van der Waals surface area contributed by atoms with Crippen molar-refractivity contribution in [2.24, 2.45) is 29.6 Å². The number of para-hydroxylation sites is 2. The fourth-order valence-electron chi connectivity index (χ4n) is 7.99. The Hall–Kier alpha value is -3.62. The second kappa shape index (κ2) is 9.46. The molecule has 3 heterocycles. The average molecular weight is 581 g/mol. The summed E-state index contributed by atoms with van der Waals surface area (Å²) in [5.74, 6) is 0.225. The van der Waals surface area contributed by atoms with E-state index in [-0.39, 0.29) is 57.4 Å². The van der Waals surface area contributed by atoms with Crippen LogP contribution in [-0.4, -0.2) is 22.0 Å². The third-order valence-corrected chi connectivity index (χ3v) is 12.2. The molecule has 0 spiro atoms. The lowest BCUT2D eigenvalue weighted by atomic mass is 9.68. The van der Waals surface area contributed by atoms with Gasteiger partial charge in [0.05, 0.1) is 22.5 Å². The maximum absolute atomic E-state index is 13.9. The molecule has 8 heteroatoms. The number of aryl methyl sites for hydroxylation is 1. The van der Waals surface area contributed by atoms with Crippen molar-refractivity contribution in [3.8, 4) is 5.75 Å². The lowest BCUT2D eigenvalue weighted by Gasteiger charge is -2.43. The molecule has 3 fully saturated rings. The van der Waals surface area contributed by atoms with Crippen molar-refractivity contribution in [1.29, 1.82) is 0 Å². The van der Waals surface area contributed by atoms with Gasteiger partial charge in [-0.3, -0.25) is 19.3 Å². The number of H-pyrrole nitrogens is 1. The molecule has 1 saturated heterocycles. The van der Waals surface area contributed by atoms with Gasteiger partial charge in [-0.2, -0.15) is 0 Å². The zero-order valence-corrected chi connectivity index (χ0v) is 24.0. The highest BCUT2D eigenvalue weighted by molar-refractivity contribution is 8.00. The second-order valence-corrected chi connectivity index (χ2v) is 13.8. The van der Waals surface area contributed by atoms with Crippen molar-refractivity contribution in [3.63, 3.8) is 0 Å². The molecule has 1 N–H and O–H groups in total. The van der Waals surface area contributed by atoms with Gasteiger partial charge in [0, 0.05) is 21.6 Å². The fraction of sp³-hybridized carbons (Fsp3) is 0.303. The van der Waals surface area contributed by atoms with Crippen molar-refractivity contribution >= 4 is 40.6 Å². The van der Waals surface area contributed by atoms with Gasteiger partial charge in [-0.25, -0.2) is 0 Å². The number of nitrogens with zero attached hydrogens (tertiary/aromatic N) is 1. The zero-order valence-electron chi connectivity index (χ0n) is 22.4. The first-order valence-corrected chi connectivity index (χ1v) is 15.8. The molecule has 2 aliphatic heterocycles. The van der Waals surface area contributed by atoms with E-state index < -0.39 is 0 Å². The lowest BCUT2D eigenvalue weighted by Crippen LogP contribution is -2.42. The van der Waals surface area contributed by atoms with E-state index >= 15 is 0 Å². The summed E-state index contributed by atoms with van der Waals surface area (Å²) < 4.78 is 6.49. The standard InChI is InChI=1S/C33H28N2O4S2/c1-17-9-5-6-10-18(17)16-39-23-14-8-7-13-20(23)24-25-21-15-22(28(25)40-30-29(24)41-33(38)34-30)27-26(21)31(36)35(32(27)37)19-11-3-2-4-12-19/h2-14,21-22,24-28H,15-16H2,1H3,(H,34,38)/t21?,22?,24-,25?,26?,27?,28?/m1/s1. The van der Waals surface area contributed by atoms with E-state index in [4.69, 9.17) is 4.74 Å². The number of aromatic amines is 1. The van der Waals surface area contributed by atoms with Gasteiger partial charge in [0.1, 0.15) is 12.4 Å². The summed E-state index contributed by atoms with van der Waals surface area (Å²) in [6.07, 6.45) is 0.861. The predicted molar refractivity (Wildman–Crippen MR) is 159 cm³/mol. The summed E-state index contributed by atoms with van der Waals surface area (Å²) in [6, 6.07) is 25.7. The predicted octanol–water partition coefficient (Wildman–Crippen LogP) is 6.00. The van der Waals surface area contributed by atoms with Crippen molar-refractivity contribution in [3.05, 3.63) is 110 Å². The number of fused-ring (bicyclic) bond motifs is 9. The molecule has 2 saturated carbocycles. The SMILES string of the molecule is Cc1ccccc1COc1ccccc1[C@H]1c2sc(=O)[nH]c2SC2C3CC(C4C(=O)N(c5ccccc5)C(=O)C34)C21. The van der Waals surface area contributed by atoms with Crippen molar-refractivity contribution in [2.45, 2.75) is 36.1 Å². The van der Waals surface area contributed by atoms with Crippen LogP contribution in [0.5, 0.6) is 5.75 Å². The Labute approximate surface area is 245 Å². The van der Waals surface area contributed by atoms with Gasteiger partial charge < -0.3 is 9.72 Å². The molecule has 7 atom stereocenters. The Morgan fingerprint density at radius 3 is 2.39 bits per heavy atom. The monoisotopic (exact) mass is 580 g/mol. The summed E-state index contributed by atoms with van der Waals surface area (Å²) >= 11 is 2.98. The van der Waals surface area contributed by atoms with Crippen LogP contribution in [0.2, 0.25) is 0 Å². The molecule has 6 nitrogen and oxygen atoms in total. The number of benzene rings is 3. The first-order valence-electron chi connectivity index (χ1n) is 14.1. The third kappa shape index (κ3) is 3.73. The molecular weight excluding hydrogens is 553 g/mol. The van der Waals surface area contributed by atoms with E-state index in [0.717, 1.165) is 33.2 Å². The van der Waals surface area contributed by atoms with Gasteiger partial charge in [-0.15, -0.1) is 11.8 Å². The van der Waals surface area contributed by atoms with Crippen molar-refractivity contribution in [1.82, 2.24) is 4.98 Å². The summed E-state index contributed by atoms with van der Waals surface area (Å²) in [6.45, 7) is 2.53. The van der Waals surface area contributed by atoms with Crippen LogP contribution in [0, 0.1) is 36.5 Å². The first kappa shape index (κ1) is 25.1. The summed E-state index contributed by atoms with van der Waals surface area (Å²) in [5, 5.41) is 1.04. The number of thioether (sulfide) groups is 1. The summed E-state index contributed by atoms with van der Waals surface area (Å²) in [7, 11) is 0. The zero-order chi connectivity index (χ0) is 27.8. The molecule has 1 aromatic heterocycles. The maximum atomic E-state index is 13.9. The lowest BCUT2D eigenvalue weighted by molar-refractivity contribution is -0.123. The van der Waals surface area contributed by atoms with Gasteiger partial charge in [-0.05, 0) is 60.4 Å². The first-order chi connectivity index (χ1) is 20.0. The minimum Gasteiger partial charge on any atom is -0.489 e. The van der Waals surface area contributed by atoms with Gasteiger partial charge in [0.25, 0.3) is 0 Å². The molecule has 0 radical (unpaired) electrons. The maximum Gasteiger partial charge on any atom is 0.305 e. The van der Waals surface area contributed by atoms with E-state index in [2.05, 4.69) is 30.1 Å². The van der Waals surface area contributed by atoms with Crippen LogP contribution in [0.3, 0.4) is 0 Å². The number of rotatable bonds is 5. The number of amides is 2. The fourth-order valence-corrected chi connectivity index (χ4v) is 10.9.